The molecular weight excluding hydrogens is 184 g/mol. The molecule has 0 atom stereocenters. The summed E-state index contributed by atoms with van der Waals surface area (Å²) in [4.78, 5) is 0. The van der Waals surface area contributed by atoms with Gasteiger partial charge in [0, 0.05) is 0 Å². The van der Waals surface area contributed by atoms with Crippen molar-refractivity contribution in [3.8, 4) is 0 Å². The first-order valence-corrected chi connectivity index (χ1v) is 5.00. The molecule has 0 unspecified atom stereocenters. The number of hydrogen-bond acceptors (Lipinski definition) is 4. The zero-order valence-electron chi connectivity index (χ0n) is 6.90. The van der Waals surface area contributed by atoms with Gasteiger partial charge in [0.15, 0.2) is 0 Å². The zero-order valence-corrected chi connectivity index (χ0v) is 7.71. The van der Waals surface area contributed by atoms with Gasteiger partial charge < -0.3 is 5.11 Å². The molecule has 1 aliphatic carbocycles. The Hall–Kier alpha value is -1.00. The number of nitrogens with zero attached hydrogens (tertiary/aromatic N) is 2. The van der Waals surface area contributed by atoms with Gasteiger partial charge in [-0.25, -0.2) is 0 Å². The van der Waals surface area contributed by atoms with Crippen molar-refractivity contribution in [3.63, 3.8) is 0 Å². The van der Waals surface area contributed by atoms with Crippen molar-refractivity contribution in [1.29, 1.82) is 0 Å². The van der Waals surface area contributed by atoms with E-state index in [-0.39, 0.29) is 0 Å². The Kier molecular flexibility index (Phi) is 1.30. The van der Waals surface area contributed by atoms with Gasteiger partial charge in [-0.05, 0) is 42.1 Å². The lowest BCUT2D eigenvalue weighted by molar-refractivity contribution is 0.151. The molecule has 0 spiro atoms. The summed E-state index contributed by atoms with van der Waals surface area (Å²) in [6.45, 7) is 0. The smallest absolute Gasteiger partial charge is 0.105 e. The molecule has 1 aromatic heterocycles. The fourth-order valence-electron chi connectivity index (χ4n) is 1.47. The highest BCUT2D eigenvalue weighted by Crippen LogP contribution is 2.45. The molecule has 0 radical (unpaired) electrons. The number of benzene rings is 1. The molecule has 1 aliphatic rings. The Balaban J connectivity index is 2.20. The van der Waals surface area contributed by atoms with Gasteiger partial charge in [0.1, 0.15) is 5.52 Å². The van der Waals surface area contributed by atoms with Crippen LogP contribution in [0.1, 0.15) is 18.4 Å². The summed E-state index contributed by atoms with van der Waals surface area (Å²) in [6.07, 6.45) is 1.76. The van der Waals surface area contributed by atoms with Gasteiger partial charge in [-0.3, -0.25) is 0 Å². The Morgan fingerprint density at radius 3 is 3.00 bits per heavy atom. The molecule has 2 aromatic rings. The maximum atomic E-state index is 9.86. The van der Waals surface area contributed by atoms with Crippen LogP contribution < -0.4 is 0 Å². The van der Waals surface area contributed by atoms with Crippen LogP contribution in [0.25, 0.3) is 10.2 Å². The molecule has 13 heavy (non-hydrogen) atoms. The van der Waals surface area contributed by atoms with Crippen molar-refractivity contribution in [3.05, 3.63) is 23.8 Å². The van der Waals surface area contributed by atoms with Crippen molar-refractivity contribution >= 4 is 21.7 Å². The third kappa shape index (κ3) is 1.06. The van der Waals surface area contributed by atoms with Gasteiger partial charge >= 0.3 is 0 Å². The van der Waals surface area contributed by atoms with Crippen LogP contribution in [0.3, 0.4) is 0 Å². The molecule has 0 amide bonds. The Morgan fingerprint density at radius 1 is 1.38 bits per heavy atom. The molecule has 1 heterocycles. The van der Waals surface area contributed by atoms with Crippen molar-refractivity contribution < 1.29 is 5.11 Å². The molecule has 3 rings (SSSR count). The van der Waals surface area contributed by atoms with Gasteiger partial charge in [-0.15, -0.1) is 5.10 Å². The zero-order chi connectivity index (χ0) is 8.89. The highest BCUT2D eigenvalue weighted by atomic mass is 32.1. The van der Waals surface area contributed by atoms with Gasteiger partial charge in [0.05, 0.1) is 10.3 Å². The summed E-state index contributed by atoms with van der Waals surface area (Å²) in [5.74, 6) is 0. The van der Waals surface area contributed by atoms with E-state index >= 15 is 0 Å². The minimum absolute atomic E-state index is 0.543. The summed E-state index contributed by atoms with van der Waals surface area (Å²) in [5.41, 5.74) is 1.38. The summed E-state index contributed by atoms with van der Waals surface area (Å²) in [7, 11) is 0. The summed E-state index contributed by atoms with van der Waals surface area (Å²) >= 11 is 1.37. The summed E-state index contributed by atoms with van der Waals surface area (Å²) in [5, 5.41) is 13.8. The number of hydrogen-bond donors (Lipinski definition) is 1. The second kappa shape index (κ2) is 2.27. The second-order valence-corrected chi connectivity index (χ2v) is 4.27. The van der Waals surface area contributed by atoms with Crippen LogP contribution in [0.2, 0.25) is 0 Å². The Morgan fingerprint density at radius 2 is 2.23 bits per heavy atom. The fourth-order valence-corrected chi connectivity index (χ4v) is 2.07. The molecule has 1 saturated carbocycles. The fraction of sp³-hybridized carbons (Fsp3) is 0.333. The van der Waals surface area contributed by atoms with Gasteiger partial charge in [-0.2, -0.15) is 0 Å². The number of aliphatic hydroxyl groups is 1. The molecule has 1 aromatic carbocycles. The number of rotatable bonds is 1. The van der Waals surface area contributed by atoms with E-state index in [1.165, 1.54) is 11.5 Å². The van der Waals surface area contributed by atoms with Gasteiger partial charge in [-0.1, -0.05) is 10.6 Å². The third-order valence-corrected chi connectivity index (χ3v) is 3.20. The summed E-state index contributed by atoms with van der Waals surface area (Å²) in [6, 6.07) is 5.86. The topological polar surface area (TPSA) is 46.0 Å². The number of aromatic nitrogens is 2. The van der Waals surface area contributed by atoms with E-state index in [1.807, 2.05) is 18.2 Å². The van der Waals surface area contributed by atoms with Crippen molar-refractivity contribution in [2.45, 2.75) is 18.4 Å². The largest absolute Gasteiger partial charge is 0.385 e. The van der Waals surface area contributed by atoms with Crippen LogP contribution in [-0.4, -0.2) is 14.7 Å². The lowest BCUT2D eigenvalue weighted by atomic mass is 10.1. The molecule has 66 valence electrons. The van der Waals surface area contributed by atoms with Crippen LogP contribution in [0.15, 0.2) is 18.2 Å². The van der Waals surface area contributed by atoms with Crippen molar-refractivity contribution in [2.24, 2.45) is 0 Å². The standard InChI is InChI=1S/C9H8N2OS/c12-9(3-4-9)6-1-2-7-8(5-6)13-11-10-7/h1-2,5,12H,3-4H2. The van der Waals surface area contributed by atoms with Crippen LogP contribution in [0.4, 0.5) is 0 Å². The Labute approximate surface area is 79.2 Å². The molecule has 0 bridgehead atoms. The molecule has 3 nitrogen and oxygen atoms in total. The lowest BCUT2D eigenvalue weighted by Crippen LogP contribution is -2.02. The normalized spacial score (nSPS) is 19.2. The maximum absolute atomic E-state index is 9.86. The molecule has 4 heteroatoms. The van der Waals surface area contributed by atoms with E-state index in [0.717, 1.165) is 28.6 Å². The van der Waals surface area contributed by atoms with E-state index < -0.39 is 5.60 Å². The second-order valence-electron chi connectivity index (χ2n) is 3.49. The lowest BCUT2D eigenvalue weighted by Gasteiger charge is -2.06. The minimum Gasteiger partial charge on any atom is -0.385 e. The van der Waals surface area contributed by atoms with Crippen molar-refractivity contribution in [2.75, 3.05) is 0 Å². The SMILES string of the molecule is OC1(c2ccc3nnsc3c2)CC1. The summed E-state index contributed by atoms with van der Waals surface area (Å²) < 4.78 is 4.91. The van der Waals surface area contributed by atoms with E-state index in [9.17, 15) is 5.11 Å². The Bertz CT molecular complexity index is 461. The van der Waals surface area contributed by atoms with Crippen LogP contribution in [0, 0.1) is 0 Å². The van der Waals surface area contributed by atoms with E-state index in [2.05, 4.69) is 9.59 Å². The van der Waals surface area contributed by atoms with Crippen molar-refractivity contribution in [1.82, 2.24) is 9.59 Å². The first-order valence-electron chi connectivity index (χ1n) is 4.23. The van der Waals surface area contributed by atoms with Gasteiger partial charge in [0.2, 0.25) is 0 Å². The molecule has 0 aliphatic heterocycles. The molecule has 1 fully saturated rings. The minimum atomic E-state index is -0.543. The van der Waals surface area contributed by atoms with E-state index in [4.69, 9.17) is 0 Å². The first kappa shape index (κ1) is 7.41. The van der Waals surface area contributed by atoms with Crippen LogP contribution in [0.5, 0.6) is 0 Å². The highest BCUT2D eigenvalue weighted by Gasteiger charge is 2.42. The maximum Gasteiger partial charge on any atom is 0.105 e. The first-order chi connectivity index (χ1) is 6.28. The van der Waals surface area contributed by atoms with E-state index in [1.54, 1.807) is 0 Å². The number of fused-ring (bicyclic) bond motifs is 1. The quantitative estimate of drug-likeness (QED) is 0.747. The van der Waals surface area contributed by atoms with Gasteiger partial charge in [0.25, 0.3) is 0 Å². The predicted molar refractivity (Wildman–Crippen MR) is 50.5 cm³/mol. The average Bonchev–Trinajstić information content (AvgIpc) is 2.74. The molecule has 0 saturated heterocycles. The van der Waals surface area contributed by atoms with E-state index in [0.29, 0.717) is 0 Å². The van der Waals surface area contributed by atoms with Crippen LogP contribution in [-0.2, 0) is 5.60 Å². The predicted octanol–water partition coefficient (Wildman–Crippen LogP) is 1.67. The van der Waals surface area contributed by atoms with Crippen LogP contribution >= 0.6 is 11.5 Å². The molecular formula is C9H8N2OS. The average molecular weight is 192 g/mol. The monoisotopic (exact) mass is 192 g/mol. The third-order valence-electron chi connectivity index (χ3n) is 2.51. The highest BCUT2D eigenvalue weighted by molar-refractivity contribution is 7.12. The molecule has 1 N–H and O–H groups in total.